The van der Waals surface area contributed by atoms with Crippen molar-refractivity contribution in [3.8, 4) is 0 Å². The van der Waals surface area contributed by atoms with Crippen LogP contribution in [-0.4, -0.2) is 36.6 Å². The maximum atomic E-state index is 8.73. The maximum absolute atomic E-state index is 8.73. The molecule has 0 saturated heterocycles. The van der Waals surface area contributed by atoms with Gasteiger partial charge < -0.3 is 5.11 Å². The van der Waals surface area contributed by atoms with E-state index in [0.29, 0.717) is 0 Å². The molecule has 0 heterocycles. The summed E-state index contributed by atoms with van der Waals surface area (Å²) in [6, 6.07) is 0. The number of rotatable bonds is 4. The van der Waals surface area contributed by atoms with E-state index in [0.717, 1.165) is 0 Å². The van der Waals surface area contributed by atoms with Crippen molar-refractivity contribution in [2.45, 2.75) is 26.3 Å². The summed E-state index contributed by atoms with van der Waals surface area (Å²) in [5.41, 5.74) is 2.44. The highest BCUT2D eigenvalue weighted by atomic mass is 16.7. The molecular formula is C6H16N2O2. The first-order valence-electron chi connectivity index (χ1n) is 3.29. The summed E-state index contributed by atoms with van der Waals surface area (Å²) in [7, 11) is 3.79. The van der Waals surface area contributed by atoms with Crippen LogP contribution in [0.4, 0.5) is 0 Å². The number of aliphatic hydroxyl groups excluding tert-OH is 1. The predicted molar refractivity (Wildman–Crippen MR) is 39.1 cm³/mol. The Kier molecular flexibility index (Phi) is 4.55. The van der Waals surface area contributed by atoms with E-state index in [4.69, 9.17) is 9.94 Å². The van der Waals surface area contributed by atoms with Gasteiger partial charge in [-0.25, -0.2) is 0 Å². The Morgan fingerprint density at radius 1 is 1.40 bits per heavy atom. The third kappa shape index (κ3) is 4.69. The summed E-state index contributed by atoms with van der Waals surface area (Å²) >= 11 is 0. The Bertz CT molecular complexity index is 85.8. The van der Waals surface area contributed by atoms with Crippen molar-refractivity contribution in [3.63, 3.8) is 0 Å². The molecule has 2 unspecified atom stereocenters. The predicted octanol–water partition coefficient (Wildman–Crippen LogP) is -0.247. The van der Waals surface area contributed by atoms with Crippen molar-refractivity contribution >= 4 is 0 Å². The highest BCUT2D eigenvalue weighted by Crippen LogP contribution is 1.90. The van der Waals surface area contributed by atoms with Crippen molar-refractivity contribution in [2.75, 3.05) is 14.1 Å². The maximum Gasteiger partial charge on any atom is 0.128 e. The fraction of sp³-hybridized carbons (Fsp3) is 1.00. The van der Waals surface area contributed by atoms with Crippen LogP contribution >= 0.6 is 0 Å². The van der Waals surface area contributed by atoms with Gasteiger partial charge in [-0.2, -0.15) is 5.48 Å². The Morgan fingerprint density at radius 3 is 2.20 bits per heavy atom. The summed E-state index contributed by atoms with van der Waals surface area (Å²) < 4.78 is 0. The van der Waals surface area contributed by atoms with Crippen LogP contribution in [0.1, 0.15) is 13.8 Å². The van der Waals surface area contributed by atoms with Gasteiger partial charge in [-0.15, -0.1) is 0 Å². The van der Waals surface area contributed by atoms with Gasteiger partial charge in [-0.1, -0.05) is 0 Å². The molecule has 0 bridgehead atoms. The Balaban J connectivity index is 3.30. The lowest BCUT2D eigenvalue weighted by atomic mass is 10.6. The SMILES string of the molecule is CC(O)NOC(C)N(C)C. The van der Waals surface area contributed by atoms with Gasteiger partial charge in [-0.3, -0.25) is 9.74 Å². The van der Waals surface area contributed by atoms with Crippen LogP contribution in [0.15, 0.2) is 0 Å². The summed E-state index contributed by atoms with van der Waals surface area (Å²) in [6.07, 6.45) is -0.656. The van der Waals surface area contributed by atoms with Gasteiger partial charge in [0.25, 0.3) is 0 Å². The lowest BCUT2D eigenvalue weighted by Crippen LogP contribution is -2.36. The molecule has 0 aliphatic rings. The molecule has 10 heavy (non-hydrogen) atoms. The first-order chi connectivity index (χ1) is 4.54. The lowest BCUT2D eigenvalue weighted by molar-refractivity contribution is -0.128. The van der Waals surface area contributed by atoms with Crippen molar-refractivity contribution < 1.29 is 9.94 Å². The minimum absolute atomic E-state index is 0.0328. The second kappa shape index (κ2) is 4.62. The normalized spacial score (nSPS) is 17.4. The van der Waals surface area contributed by atoms with E-state index in [9.17, 15) is 0 Å². The molecule has 62 valence electrons. The van der Waals surface area contributed by atoms with Crippen molar-refractivity contribution in [1.29, 1.82) is 0 Å². The molecule has 2 atom stereocenters. The van der Waals surface area contributed by atoms with Crippen LogP contribution < -0.4 is 5.48 Å². The van der Waals surface area contributed by atoms with Crippen LogP contribution in [0.3, 0.4) is 0 Å². The van der Waals surface area contributed by atoms with Crippen LogP contribution in [0, 0.1) is 0 Å². The summed E-state index contributed by atoms with van der Waals surface area (Å²) in [5, 5.41) is 8.73. The molecule has 0 rings (SSSR count). The first-order valence-corrected chi connectivity index (χ1v) is 3.29. The van der Waals surface area contributed by atoms with Crippen LogP contribution in [-0.2, 0) is 4.84 Å². The van der Waals surface area contributed by atoms with Crippen molar-refractivity contribution in [2.24, 2.45) is 0 Å². The number of nitrogens with one attached hydrogen (secondary N) is 1. The number of aliphatic hydroxyl groups is 1. The number of nitrogens with zero attached hydrogens (tertiary/aromatic N) is 1. The van der Waals surface area contributed by atoms with E-state index in [1.165, 1.54) is 0 Å². The van der Waals surface area contributed by atoms with E-state index in [1.54, 1.807) is 6.92 Å². The van der Waals surface area contributed by atoms with E-state index in [-0.39, 0.29) is 6.23 Å². The van der Waals surface area contributed by atoms with Crippen LogP contribution in [0.5, 0.6) is 0 Å². The average Bonchev–Trinajstić information content (AvgIpc) is 1.82. The number of hydrogen-bond acceptors (Lipinski definition) is 4. The summed E-state index contributed by atoms with van der Waals surface area (Å²) in [4.78, 5) is 6.88. The fourth-order valence-corrected chi connectivity index (χ4v) is 0.302. The lowest BCUT2D eigenvalue weighted by Gasteiger charge is -2.20. The van der Waals surface area contributed by atoms with Gasteiger partial charge in [0.05, 0.1) is 0 Å². The van der Waals surface area contributed by atoms with E-state index in [2.05, 4.69) is 5.48 Å². The fourth-order valence-electron chi connectivity index (χ4n) is 0.302. The monoisotopic (exact) mass is 148 g/mol. The second-order valence-corrected chi connectivity index (χ2v) is 2.47. The molecule has 4 heteroatoms. The van der Waals surface area contributed by atoms with Gasteiger partial charge in [-0.05, 0) is 27.9 Å². The van der Waals surface area contributed by atoms with E-state index >= 15 is 0 Å². The average molecular weight is 148 g/mol. The molecule has 0 aromatic heterocycles. The summed E-state index contributed by atoms with van der Waals surface area (Å²) in [6.45, 7) is 3.48. The highest BCUT2D eigenvalue weighted by Gasteiger charge is 2.04. The smallest absolute Gasteiger partial charge is 0.128 e. The third-order valence-corrected chi connectivity index (χ3v) is 1.14. The Labute approximate surface area is 61.7 Å². The highest BCUT2D eigenvalue weighted by molar-refractivity contribution is 4.41. The van der Waals surface area contributed by atoms with Gasteiger partial charge in [0.2, 0.25) is 0 Å². The third-order valence-electron chi connectivity index (χ3n) is 1.14. The molecule has 0 fully saturated rings. The topological polar surface area (TPSA) is 44.7 Å². The standard InChI is InChI=1S/C6H16N2O2/c1-5(9)7-10-6(2)8(3)4/h5-7,9H,1-4H3. The van der Waals surface area contributed by atoms with Crippen LogP contribution in [0.2, 0.25) is 0 Å². The van der Waals surface area contributed by atoms with Gasteiger partial charge in [0.1, 0.15) is 12.5 Å². The summed E-state index contributed by atoms with van der Waals surface area (Å²) in [5.74, 6) is 0. The number of hydroxylamine groups is 1. The molecule has 0 saturated carbocycles. The molecule has 0 amide bonds. The second-order valence-electron chi connectivity index (χ2n) is 2.47. The molecule has 0 aromatic carbocycles. The largest absolute Gasteiger partial charge is 0.377 e. The zero-order valence-electron chi connectivity index (χ0n) is 6.96. The van der Waals surface area contributed by atoms with Crippen LogP contribution in [0.25, 0.3) is 0 Å². The molecule has 2 N–H and O–H groups in total. The molecule has 0 aliphatic carbocycles. The Morgan fingerprint density at radius 2 is 1.90 bits per heavy atom. The van der Waals surface area contributed by atoms with E-state index in [1.807, 2.05) is 25.9 Å². The molecule has 4 nitrogen and oxygen atoms in total. The first kappa shape index (κ1) is 9.84. The minimum atomic E-state index is -0.623. The molecule has 0 radical (unpaired) electrons. The zero-order chi connectivity index (χ0) is 8.15. The van der Waals surface area contributed by atoms with Crippen molar-refractivity contribution in [1.82, 2.24) is 10.4 Å². The van der Waals surface area contributed by atoms with Crippen molar-refractivity contribution in [3.05, 3.63) is 0 Å². The van der Waals surface area contributed by atoms with Gasteiger partial charge in [0.15, 0.2) is 0 Å². The molecule has 0 spiro atoms. The van der Waals surface area contributed by atoms with Gasteiger partial charge >= 0.3 is 0 Å². The molecular weight excluding hydrogens is 132 g/mol. The minimum Gasteiger partial charge on any atom is -0.377 e. The number of hydrogen-bond donors (Lipinski definition) is 2. The zero-order valence-corrected chi connectivity index (χ0v) is 6.96. The quantitative estimate of drug-likeness (QED) is 0.426. The van der Waals surface area contributed by atoms with Gasteiger partial charge in [0, 0.05) is 0 Å². The molecule has 0 aliphatic heterocycles. The Hall–Kier alpha value is -0.160. The molecule has 0 aromatic rings. The van der Waals surface area contributed by atoms with E-state index < -0.39 is 6.23 Å².